The summed E-state index contributed by atoms with van der Waals surface area (Å²) in [4.78, 5) is 12.0. The lowest BCUT2D eigenvalue weighted by Gasteiger charge is -2.18. The van der Waals surface area contributed by atoms with E-state index in [9.17, 15) is 13.2 Å². The van der Waals surface area contributed by atoms with Crippen LogP contribution in [0.2, 0.25) is 0 Å². The van der Waals surface area contributed by atoms with Crippen molar-refractivity contribution in [3.8, 4) is 5.75 Å². The fourth-order valence-electron chi connectivity index (χ4n) is 2.08. The number of carbonyl (C=O) groups excluding carboxylic acids is 1. The average Bonchev–Trinajstić information content (AvgIpc) is 2.45. The number of benzene rings is 1. The van der Waals surface area contributed by atoms with Crippen molar-refractivity contribution in [1.82, 2.24) is 10.0 Å². The molecule has 0 aliphatic carbocycles. The van der Waals surface area contributed by atoms with E-state index in [2.05, 4.69) is 23.9 Å². The summed E-state index contributed by atoms with van der Waals surface area (Å²) in [6, 6.07) is 6.38. The number of sulfonamides is 1. The average molecular weight is 342 g/mol. The first kappa shape index (κ1) is 19.4. The number of hydrogen-bond acceptors (Lipinski definition) is 4. The molecule has 0 radical (unpaired) electrons. The third kappa shape index (κ3) is 7.99. The van der Waals surface area contributed by atoms with Crippen molar-refractivity contribution in [2.75, 3.05) is 19.9 Å². The SMILES string of the molecule is COc1ccc([C@@H](CC(=O)NCCC(C)C)NS(C)(=O)=O)cc1. The molecule has 130 valence electrons. The third-order valence-electron chi connectivity index (χ3n) is 3.31. The topological polar surface area (TPSA) is 84.5 Å². The highest BCUT2D eigenvalue weighted by Gasteiger charge is 2.19. The van der Waals surface area contributed by atoms with Crippen LogP contribution in [-0.4, -0.2) is 34.2 Å². The molecule has 23 heavy (non-hydrogen) atoms. The van der Waals surface area contributed by atoms with Crippen LogP contribution in [0.1, 0.15) is 38.3 Å². The number of amides is 1. The maximum atomic E-state index is 12.0. The highest BCUT2D eigenvalue weighted by atomic mass is 32.2. The first-order valence-corrected chi connectivity index (χ1v) is 9.48. The van der Waals surface area contributed by atoms with Crippen LogP contribution in [-0.2, 0) is 14.8 Å². The van der Waals surface area contributed by atoms with Gasteiger partial charge >= 0.3 is 0 Å². The molecule has 6 nitrogen and oxygen atoms in total. The number of rotatable bonds is 9. The zero-order valence-electron chi connectivity index (χ0n) is 14.1. The van der Waals surface area contributed by atoms with Gasteiger partial charge in [0.2, 0.25) is 15.9 Å². The second-order valence-electron chi connectivity index (χ2n) is 5.95. The third-order valence-corrected chi connectivity index (χ3v) is 4.02. The van der Waals surface area contributed by atoms with Gasteiger partial charge in [-0.15, -0.1) is 0 Å². The predicted molar refractivity (Wildman–Crippen MR) is 90.8 cm³/mol. The van der Waals surface area contributed by atoms with Gasteiger partial charge in [-0.25, -0.2) is 13.1 Å². The number of hydrogen-bond donors (Lipinski definition) is 2. The number of methoxy groups -OCH3 is 1. The predicted octanol–water partition coefficient (Wildman–Crippen LogP) is 1.84. The quantitative estimate of drug-likeness (QED) is 0.717. The largest absolute Gasteiger partial charge is 0.497 e. The number of carbonyl (C=O) groups is 1. The van der Waals surface area contributed by atoms with Crippen molar-refractivity contribution in [2.45, 2.75) is 32.7 Å². The summed E-state index contributed by atoms with van der Waals surface area (Å²) in [7, 11) is -1.87. The van der Waals surface area contributed by atoms with Crippen molar-refractivity contribution in [3.05, 3.63) is 29.8 Å². The summed E-state index contributed by atoms with van der Waals surface area (Å²) < 4.78 is 30.7. The van der Waals surface area contributed by atoms with Gasteiger partial charge in [-0.05, 0) is 30.0 Å². The molecule has 0 aliphatic rings. The Hall–Kier alpha value is -1.60. The lowest BCUT2D eigenvalue weighted by atomic mass is 10.0. The van der Waals surface area contributed by atoms with E-state index < -0.39 is 16.1 Å². The normalized spacial score (nSPS) is 12.9. The lowest BCUT2D eigenvalue weighted by molar-refractivity contribution is -0.121. The van der Waals surface area contributed by atoms with E-state index in [0.29, 0.717) is 18.2 Å². The zero-order chi connectivity index (χ0) is 17.5. The van der Waals surface area contributed by atoms with Crippen LogP contribution in [0.25, 0.3) is 0 Å². The summed E-state index contributed by atoms with van der Waals surface area (Å²) in [5, 5.41) is 2.82. The van der Waals surface area contributed by atoms with E-state index in [4.69, 9.17) is 4.74 Å². The molecule has 7 heteroatoms. The second-order valence-corrected chi connectivity index (χ2v) is 7.73. The molecule has 1 aromatic carbocycles. The summed E-state index contributed by atoms with van der Waals surface area (Å²) in [5.41, 5.74) is 0.718. The molecule has 0 aromatic heterocycles. The Labute approximate surface area is 138 Å². The molecule has 0 bridgehead atoms. The molecule has 1 amide bonds. The lowest BCUT2D eigenvalue weighted by Crippen LogP contribution is -2.33. The second kappa shape index (κ2) is 8.88. The molecule has 0 heterocycles. The van der Waals surface area contributed by atoms with Gasteiger partial charge in [0.1, 0.15) is 5.75 Å². The van der Waals surface area contributed by atoms with Crippen molar-refractivity contribution < 1.29 is 17.9 Å². The first-order valence-electron chi connectivity index (χ1n) is 7.59. The van der Waals surface area contributed by atoms with Crippen LogP contribution in [0.3, 0.4) is 0 Å². The molecular weight excluding hydrogens is 316 g/mol. The van der Waals surface area contributed by atoms with Crippen LogP contribution in [0.15, 0.2) is 24.3 Å². The molecule has 0 fully saturated rings. The standard InChI is InChI=1S/C16H26N2O4S/c1-12(2)9-10-17-16(19)11-15(18-23(4,20)21)13-5-7-14(22-3)8-6-13/h5-8,12,15,18H,9-11H2,1-4H3,(H,17,19)/t15-/m1/s1. The van der Waals surface area contributed by atoms with Gasteiger partial charge in [-0.2, -0.15) is 0 Å². The van der Waals surface area contributed by atoms with Crippen LogP contribution < -0.4 is 14.8 Å². The molecule has 2 N–H and O–H groups in total. The summed E-state index contributed by atoms with van der Waals surface area (Å²) in [5.74, 6) is 0.998. The van der Waals surface area contributed by atoms with Crippen molar-refractivity contribution in [1.29, 1.82) is 0 Å². The maximum Gasteiger partial charge on any atom is 0.221 e. The zero-order valence-corrected chi connectivity index (χ0v) is 14.9. The summed E-state index contributed by atoms with van der Waals surface area (Å²) in [6.45, 7) is 4.75. The Morgan fingerprint density at radius 1 is 1.22 bits per heavy atom. The van der Waals surface area contributed by atoms with Crippen LogP contribution in [0, 0.1) is 5.92 Å². The van der Waals surface area contributed by atoms with Crippen molar-refractivity contribution in [2.24, 2.45) is 5.92 Å². The van der Waals surface area contributed by atoms with Gasteiger partial charge in [0.25, 0.3) is 0 Å². The van der Waals surface area contributed by atoms with E-state index in [1.54, 1.807) is 31.4 Å². The van der Waals surface area contributed by atoms with E-state index in [1.165, 1.54) is 0 Å². The highest BCUT2D eigenvalue weighted by Crippen LogP contribution is 2.21. The van der Waals surface area contributed by atoms with Gasteiger partial charge < -0.3 is 10.1 Å². The molecule has 1 rings (SSSR count). The maximum absolute atomic E-state index is 12.0. The van der Waals surface area contributed by atoms with E-state index in [-0.39, 0.29) is 12.3 Å². The fourth-order valence-corrected chi connectivity index (χ4v) is 2.82. The summed E-state index contributed by atoms with van der Waals surface area (Å²) >= 11 is 0. The molecular formula is C16H26N2O4S. The molecule has 1 aromatic rings. The van der Waals surface area contributed by atoms with Gasteiger partial charge in [0, 0.05) is 13.0 Å². The number of nitrogens with one attached hydrogen (secondary N) is 2. The Morgan fingerprint density at radius 3 is 2.30 bits per heavy atom. The Balaban J connectivity index is 2.77. The first-order chi connectivity index (χ1) is 10.7. The van der Waals surface area contributed by atoms with E-state index >= 15 is 0 Å². The highest BCUT2D eigenvalue weighted by molar-refractivity contribution is 7.88. The van der Waals surface area contributed by atoms with Crippen molar-refractivity contribution >= 4 is 15.9 Å². The monoisotopic (exact) mass is 342 g/mol. The van der Waals surface area contributed by atoms with Gasteiger partial charge in [0.15, 0.2) is 0 Å². The minimum absolute atomic E-state index is 0.0531. The summed E-state index contributed by atoms with van der Waals surface area (Å²) in [6.07, 6.45) is 2.02. The molecule has 0 aliphatic heterocycles. The molecule has 0 saturated heterocycles. The Morgan fingerprint density at radius 2 is 1.83 bits per heavy atom. The number of ether oxygens (including phenoxy) is 1. The molecule has 0 saturated carbocycles. The van der Waals surface area contributed by atoms with Crippen LogP contribution in [0.4, 0.5) is 0 Å². The van der Waals surface area contributed by atoms with E-state index in [0.717, 1.165) is 18.2 Å². The van der Waals surface area contributed by atoms with Crippen LogP contribution >= 0.6 is 0 Å². The minimum atomic E-state index is -3.43. The van der Waals surface area contributed by atoms with Crippen LogP contribution in [0.5, 0.6) is 5.75 Å². The van der Waals surface area contributed by atoms with Gasteiger partial charge in [-0.1, -0.05) is 26.0 Å². The van der Waals surface area contributed by atoms with Crippen molar-refractivity contribution in [3.63, 3.8) is 0 Å². The molecule has 0 unspecified atom stereocenters. The van der Waals surface area contributed by atoms with Gasteiger partial charge in [0.05, 0.1) is 19.4 Å². The van der Waals surface area contributed by atoms with Gasteiger partial charge in [-0.3, -0.25) is 4.79 Å². The Bertz CT molecular complexity index is 597. The smallest absolute Gasteiger partial charge is 0.221 e. The Kier molecular flexibility index (Phi) is 7.51. The minimum Gasteiger partial charge on any atom is -0.497 e. The van der Waals surface area contributed by atoms with E-state index in [1.807, 2.05) is 0 Å². The molecule has 1 atom stereocenters. The fraction of sp³-hybridized carbons (Fsp3) is 0.562. The molecule has 0 spiro atoms.